The lowest BCUT2D eigenvalue weighted by Crippen LogP contribution is -2.43. The molecule has 5 nitrogen and oxygen atoms in total. The molecule has 1 fully saturated rings. The van der Waals surface area contributed by atoms with Gasteiger partial charge in [-0.2, -0.15) is 0 Å². The van der Waals surface area contributed by atoms with E-state index in [4.69, 9.17) is 9.73 Å². The molecule has 0 aliphatic carbocycles. The van der Waals surface area contributed by atoms with Crippen LogP contribution in [0.4, 0.5) is 0 Å². The standard InChI is InChI=1S/C20H42N4O.HI/c1-6-21-20(23-18(4)9-7-8-17(2)3)22-16-19-10-12-24(13-11-19)14-15-25-5;/h17-19H,6-16H2,1-5H3,(H2,21,22,23);1H. The van der Waals surface area contributed by atoms with E-state index in [-0.39, 0.29) is 24.0 Å². The van der Waals surface area contributed by atoms with Gasteiger partial charge in [0.15, 0.2) is 5.96 Å². The number of hydrogen-bond donors (Lipinski definition) is 2. The van der Waals surface area contributed by atoms with Crippen LogP contribution in [-0.2, 0) is 4.74 Å². The molecule has 0 radical (unpaired) electrons. The van der Waals surface area contributed by atoms with Gasteiger partial charge in [0.05, 0.1) is 6.61 Å². The first-order valence-corrected chi connectivity index (χ1v) is 10.3. The topological polar surface area (TPSA) is 48.9 Å². The summed E-state index contributed by atoms with van der Waals surface area (Å²) in [5.74, 6) is 2.50. The Kier molecular flexibility index (Phi) is 15.9. The highest BCUT2D eigenvalue weighted by molar-refractivity contribution is 14.0. The van der Waals surface area contributed by atoms with Crippen LogP contribution < -0.4 is 10.6 Å². The highest BCUT2D eigenvalue weighted by Crippen LogP contribution is 2.17. The number of guanidine groups is 1. The van der Waals surface area contributed by atoms with Crippen molar-refractivity contribution >= 4 is 29.9 Å². The molecule has 1 unspecified atom stereocenters. The summed E-state index contributed by atoms with van der Waals surface area (Å²) in [7, 11) is 1.78. The lowest BCUT2D eigenvalue weighted by molar-refractivity contribution is 0.121. The highest BCUT2D eigenvalue weighted by atomic mass is 127. The van der Waals surface area contributed by atoms with Crippen molar-refractivity contribution in [3.63, 3.8) is 0 Å². The molecule has 1 aliphatic rings. The fourth-order valence-corrected chi connectivity index (χ4v) is 3.29. The number of likely N-dealkylation sites (tertiary alicyclic amines) is 1. The van der Waals surface area contributed by atoms with Gasteiger partial charge in [-0.1, -0.05) is 26.7 Å². The quantitative estimate of drug-likeness (QED) is 0.268. The van der Waals surface area contributed by atoms with Crippen LogP contribution in [0.1, 0.15) is 59.8 Å². The molecular formula is C20H43IN4O. The molecule has 0 bridgehead atoms. The molecule has 1 atom stereocenters. The van der Waals surface area contributed by atoms with Gasteiger partial charge in [0.25, 0.3) is 0 Å². The molecule has 1 aliphatic heterocycles. The maximum Gasteiger partial charge on any atom is 0.191 e. The van der Waals surface area contributed by atoms with E-state index in [1.54, 1.807) is 7.11 Å². The summed E-state index contributed by atoms with van der Waals surface area (Å²) in [6.07, 6.45) is 6.29. The first kappa shape index (κ1) is 25.9. The maximum absolute atomic E-state index is 5.18. The van der Waals surface area contributed by atoms with Crippen LogP contribution in [0, 0.1) is 11.8 Å². The van der Waals surface area contributed by atoms with E-state index in [9.17, 15) is 0 Å². The van der Waals surface area contributed by atoms with Crippen LogP contribution in [-0.4, -0.2) is 63.3 Å². The predicted molar refractivity (Wildman–Crippen MR) is 124 cm³/mol. The van der Waals surface area contributed by atoms with Gasteiger partial charge in [-0.05, 0) is 58.0 Å². The fraction of sp³-hybridized carbons (Fsp3) is 0.950. The Morgan fingerprint density at radius 3 is 2.46 bits per heavy atom. The van der Waals surface area contributed by atoms with E-state index in [0.29, 0.717) is 12.0 Å². The van der Waals surface area contributed by atoms with Crippen LogP contribution in [0.25, 0.3) is 0 Å². The van der Waals surface area contributed by atoms with E-state index < -0.39 is 0 Å². The van der Waals surface area contributed by atoms with E-state index in [1.165, 1.54) is 45.2 Å². The van der Waals surface area contributed by atoms with Crippen molar-refractivity contribution < 1.29 is 4.74 Å². The second-order valence-electron chi connectivity index (χ2n) is 7.87. The van der Waals surface area contributed by atoms with Crippen molar-refractivity contribution in [1.82, 2.24) is 15.5 Å². The van der Waals surface area contributed by atoms with Crippen LogP contribution >= 0.6 is 24.0 Å². The molecule has 0 spiro atoms. The van der Waals surface area contributed by atoms with Crippen LogP contribution in [0.5, 0.6) is 0 Å². The summed E-state index contributed by atoms with van der Waals surface area (Å²) in [4.78, 5) is 7.36. The molecular weight excluding hydrogens is 439 g/mol. The van der Waals surface area contributed by atoms with Gasteiger partial charge in [-0.15, -0.1) is 24.0 Å². The second-order valence-corrected chi connectivity index (χ2v) is 7.87. The lowest BCUT2D eigenvalue weighted by atomic mass is 9.97. The average Bonchev–Trinajstić information content (AvgIpc) is 2.58. The summed E-state index contributed by atoms with van der Waals surface area (Å²) >= 11 is 0. The van der Waals surface area contributed by atoms with E-state index in [0.717, 1.165) is 38.1 Å². The van der Waals surface area contributed by atoms with Crippen molar-refractivity contribution in [3.8, 4) is 0 Å². The Labute approximate surface area is 179 Å². The Morgan fingerprint density at radius 2 is 1.88 bits per heavy atom. The summed E-state index contributed by atoms with van der Waals surface area (Å²) in [6.45, 7) is 15.1. The molecule has 156 valence electrons. The van der Waals surface area contributed by atoms with E-state index >= 15 is 0 Å². The molecule has 0 aromatic rings. The van der Waals surface area contributed by atoms with Crippen molar-refractivity contribution in [2.45, 2.75) is 65.8 Å². The molecule has 1 saturated heterocycles. The van der Waals surface area contributed by atoms with Gasteiger partial charge in [-0.3, -0.25) is 4.99 Å². The Hall–Kier alpha value is -0.0800. The normalized spacial score (nSPS) is 17.8. The molecule has 2 N–H and O–H groups in total. The number of nitrogens with one attached hydrogen (secondary N) is 2. The third-order valence-corrected chi connectivity index (χ3v) is 4.97. The first-order chi connectivity index (χ1) is 12.0. The smallest absolute Gasteiger partial charge is 0.191 e. The predicted octanol–water partition coefficient (Wildman–Crippen LogP) is 3.73. The van der Waals surface area contributed by atoms with Crippen molar-refractivity contribution in [1.29, 1.82) is 0 Å². The number of hydrogen-bond acceptors (Lipinski definition) is 3. The Morgan fingerprint density at radius 1 is 1.19 bits per heavy atom. The number of methoxy groups -OCH3 is 1. The zero-order valence-electron chi connectivity index (χ0n) is 17.7. The van der Waals surface area contributed by atoms with Gasteiger partial charge in [-0.25, -0.2) is 0 Å². The average molecular weight is 482 g/mol. The lowest BCUT2D eigenvalue weighted by Gasteiger charge is -2.31. The van der Waals surface area contributed by atoms with Crippen molar-refractivity contribution in [3.05, 3.63) is 0 Å². The number of halogens is 1. The third-order valence-electron chi connectivity index (χ3n) is 4.97. The SMILES string of the molecule is CCNC(=NCC1CCN(CCOC)CC1)NC(C)CCCC(C)C.I. The number of rotatable bonds is 11. The van der Waals surface area contributed by atoms with Crippen molar-refractivity contribution in [2.24, 2.45) is 16.8 Å². The number of nitrogens with zero attached hydrogens (tertiary/aromatic N) is 2. The van der Waals surface area contributed by atoms with Gasteiger partial charge >= 0.3 is 0 Å². The largest absolute Gasteiger partial charge is 0.383 e. The number of aliphatic imine (C=N–C) groups is 1. The summed E-state index contributed by atoms with van der Waals surface area (Å²) in [6, 6.07) is 0.479. The minimum Gasteiger partial charge on any atom is -0.383 e. The zero-order chi connectivity index (χ0) is 18.5. The van der Waals surface area contributed by atoms with Crippen LogP contribution in [0.2, 0.25) is 0 Å². The first-order valence-electron chi connectivity index (χ1n) is 10.3. The molecule has 6 heteroatoms. The van der Waals surface area contributed by atoms with Gasteiger partial charge < -0.3 is 20.3 Å². The van der Waals surface area contributed by atoms with Crippen LogP contribution in [0.3, 0.4) is 0 Å². The minimum absolute atomic E-state index is 0. The molecule has 0 aromatic heterocycles. The van der Waals surface area contributed by atoms with Gasteiger partial charge in [0.1, 0.15) is 0 Å². The Balaban J connectivity index is 0.00000625. The number of ether oxygens (including phenoxy) is 1. The van der Waals surface area contributed by atoms with E-state index in [1.807, 2.05) is 0 Å². The summed E-state index contributed by atoms with van der Waals surface area (Å²) in [5, 5.41) is 6.98. The molecule has 26 heavy (non-hydrogen) atoms. The highest BCUT2D eigenvalue weighted by Gasteiger charge is 2.18. The zero-order valence-corrected chi connectivity index (χ0v) is 20.1. The van der Waals surface area contributed by atoms with E-state index in [2.05, 4.69) is 43.2 Å². The van der Waals surface area contributed by atoms with Crippen LogP contribution in [0.15, 0.2) is 4.99 Å². The molecule has 1 rings (SSSR count). The minimum atomic E-state index is 0. The maximum atomic E-state index is 5.18. The molecule has 0 amide bonds. The second kappa shape index (κ2) is 15.9. The molecule has 1 heterocycles. The third kappa shape index (κ3) is 12.3. The van der Waals surface area contributed by atoms with Crippen molar-refractivity contribution in [2.75, 3.05) is 46.4 Å². The fourth-order valence-electron chi connectivity index (χ4n) is 3.29. The molecule has 0 aromatic carbocycles. The van der Waals surface area contributed by atoms with Gasteiger partial charge in [0.2, 0.25) is 0 Å². The summed E-state index contributed by atoms with van der Waals surface area (Å²) in [5.41, 5.74) is 0. The molecule has 0 saturated carbocycles. The summed E-state index contributed by atoms with van der Waals surface area (Å²) < 4.78 is 5.18. The monoisotopic (exact) mass is 482 g/mol. The Bertz CT molecular complexity index is 358. The van der Waals surface area contributed by atoms with Gasteiger partial charge in [0, 0.05) is 32.8 Å². The number of piperidine rings is 1.